The third kappa shape index (κ3) is 2.58. The van der Waals surface area contributed by atoms with Crippen molar-refractivity contribution in [3.63, 3.8) is 0 Å². The first-order chi connectivity index (χ1) is 11.2. The van der Waals surface area contributed by atoms with Gasteiger partial charge in [-0.3, -0.25) is 19.4 Å². The Morgan fingerprint density at radius 2 is 2.30 bits per heavy atom. The summed E-state index contributed by atoms with van der Waals surface area (Å²) in [5.74, 6) is 1.19. The zero-order valence-corrected chi connectivity index (χ0v) is 12.9. The molecule has 3 aromatic heterocycles. The molecule has 3 aromatic rings. The van der Waals surface area contributed by atoms with E-state index in [-0.39, 0.29) is 5.56 Å². The molecule has 7 heteroatoms. The number of aryl methyl sites for hydroxylation is 1. The van der Waals surface area contributed by atoms with Gasteiger partial charge in [0.25, 0.3) is 5.56 Å². The SMILES string of the molecule is Cn1ncc2c(=O)[nH]c(N3CCC(Cc4cccnc4)C3)nc21. The lowest BCUT2D eigenvalue weighted by molar-refractivity contribution is 0.584. The highest BCUT2D eigenvalue weighted by atomic mass is 16.1. The zero-order chi connectivity index (χ0) is 15.8. The van der Waals surface area contributed by atoms with Crippen LogP contribution >= 0.6 is 0 Å². The molecule has 4 rings (SSSR count). The maximum Gasteiger partial charge on any atom is 0.263 e. The molecule has 1 aliphatic rings. The quantitative estimate of drug-likeness (QED) is 0.784. The second-order valence-electron chi connectivity index (χ2n) is 6.06. The Morgan fingerprint density at radius 3 is 3.13 bits per heavy atom. The molecule has 0 radical (unpaired) electrons. The van der Waals surface area contributed by atoms with Gasteiger partial charge in [0, 0.05) is 32.5 Å². The van der Waals surface area contributed by atoms with Crippen molar-refractivity contribution in [2.24, 2.45) is 13.0 Å². The van der Waals surface area contributed by atoms with Crippen LogP contribution in [0.15, 0.2) is 35.5 Å². The van der Waals surface area contributed by atoms with E-state index in [1.807, 2.05) is 12.3 Å². The van der Waals surface area contributed by atoms with Crippen molar-refractivity contribution >= 4 is 17.0 Å². The minimum Gasteiger partial charge on any atom is -0.342 e. The molecular formula is C16H18N6O. The van der Waals surface area contributed by atoms with E-state index in [2.05, 4.69) is 31.0 Å². The van der Waals surface area contributed by atoms with Crippen LogP contribution in [-0.2, 0) is 13.5 Å². The van der Waals surface area contributed by atoms with Gasteiger partial charge in [-0.05, 0) is 30.4 Å². The van der Waals surface area contributed by atoms with E-state index in [9.17, 15) is 4.79 Å². The Balaban J connectivity index is 1.55. The van der Waals surface area contributed by atoms with Crippen LogP contribution in [0.5, 0.6) is 0 Å². The number of aromatic nitrogens is 5. The lowest BCUT2D eigenvalue weighted by Crippen LogP contribution is -2.25. The summed E-state index contributed by atoms with van der Waals surface area (Å²) in [6.07, 6.45) is 7.36. The van der Waals surface area contributed by atoms with Gasteiger partial charge in [0.15, 0.2) is 5.65 Å². The summed E-state index contributed by atoms with van der Waals surface area (Å²) < 4.78 is 1.64. The fourth-order valence-corrected chi connectivity index (χ4v) is 3.21. The molecule has 1 aliphatic heterocycles. The number of rotatable bonds is 3. The Labute approximate surface area is 133 Å². The van der Waals surface area contributed by atoms with Crippen molar-refractivity contribution in [2.45, 2.75) is 12.8 Å². The van der Waals surface area contributed by atoms with Crippen molar-refractivity contribution in [1.29, 1.82) is 0 Å². The standard InChI is InChI=1S/C16H18N6O/c1-21-14-13(9-18-21)15(23)20-16(19-14)22-6-4-12(10-22)7-11-3-2-5-17-8-11/h2-3,5,8-9,12H,4,6-7,10H2,1H3,(H,19,20,23). The first-order valence-corrected chi connectivity index (χ1v) is 7.76. The number of H-pyrrole nitrogens is 1. The predicted molar refractivity (Wildman–Crippen MR) is 87.4 cm³/mol. The highest BCUT2D eigenvalue weighted by Crippen LogP contribution is 2.23. The maximum atomic E-state index is 12.2. The number of hydrogen-bond acceptors (Lipinski definition) is 5. The number of aromatic amines is 1. The minimum absolute atomic E-state index is 0.131. The summed E-state index contributed by atoms with van der Waals surface area (Å²) in [5, 5.41) is 4.63. The van der Waals surface area contributed by atoms with E-state index in [1.165, 1.54) is 5.56 Å². The number of nitrogens with zero attached hydrogens (tertiary/aromatic N) is 5. The number of anilines is 1. The molecule has 23 heavy (non-hydrogen) atoms. The van der Waals surface area contributed by atoms with Crippen molar-refractivity contribution in [2.75, 3.05) is 18.0 Å². The molecule has 1 saturated heterocycles. The topological polar surface area (TPSA) is 79.7 Å². The van der Waals surface area contributed by atoms with Crippen molar-refractivity contribution in [3.8, 4) is 0 Å². The highest BCUT2D eigenvalue weighted by Gasteiger charge is 2.25. The van der Waals surface area contributed by atoms with Crippen LogP contribution in [0.2, 0.25) is 0 Å². The first-order valence-electron chi connectivity index (χ1n) is 7.76. The van der Waals surface area contributed by atoms with Crippen molar-refractivity contribution in [3.05, 3.63) is 46.6 Å². The summed E-state index contributed by atoms with van der Waals surface area (Å²) in [5.41, 5.74) is 1.75. The second kappa shape index (κ2) is 5.49. The molecule has 0 aromatic carbocycles. The number of nitrogens with one attached hydrogen (secondary N) is 1. The van der Waals surface area contributed by atoms with Crippen LogP contribution in [0, 0.1) is 5.92 Å². The third-order valence-corrected chi connectivity index (χ3v) is 4.42. The van der Waals surface area contributed by atoms with E-state index in [1.54, 1.807) is 24.1 Å². The highest BCUT2D eigenvalue weighted by molar-refractivity contribution is 5.74. The fraction of sp³-hybridized carbons (Fsp3) is 0.375. The van der Waals surface area contributed by atoms with Crippen LogP contribution < -0.4 is 10.5 Å². The maximum absolute atomic E-state index is 12.2. The lowest BCUT2D eigenvalue weighted by atomic mass is 10.0. The van der Waals surface area contributed by atoms with Gasteiger partial charge in [0.05, 0.1) is 6.20 Å². The lowest BCUT2D eigenvalue weighted by Gasteiger charge is -2.17. The molecule has 1 atom stereocenters. The van der Waals surface area contributed by atoms with Gasteiger partial charge in [-0.15, -0.1) is 0 Å². The molecule has 118 valence electrons. The second-order valence-corrected chi connectivity index (χ2v) is 6.06. The summed E-state index contributed by atoms with van der Waals surface area (Å²) in [6, 6.07) is 4.08. The molecule has 1 N–H and O–H groups in total. The molecule has 1 fully saturated rings. The molecule has 7 nitrogen and oxygen atoms in total. The van der Waals surface area contributed by atoms with Crippen LogP contribution in [-0.4, -0.2) is 37.8 Å². The van der Waals surface area contributed by atoms with E-state index in [4.69, 9.17) is 0 Å². The number of pyridine rings is 1. The van der Waals surface area contributed by atoms with E-state index in [0.717, 1.165) is 25.9 Å². The average molecular weight is 310 g/mol. The van der Waals surface area contributed by atoms with E-state index >= 15 is 0 Å². The Kier molecular flexibility index (Phi) is 3.33. The van der Waals surface area contributed by atoms with E-state index in [0.29, 0.717) is 22.9 Å². The number of fused-ring (bicyclic) bond motifs is 1. The molecule has 1 unspecified atom stereocenters. The normalized spacial score (nSPS) is 18.0. The van der Waals surface area contributed by atoms with Gasteiger partial charge >= 0.3 is 0 Å². The Bertz CT molecular complexity index is 884. The summed E-state index contributed by atoms with van der Waals surface area (Å²) in [6.45, 7) is 1.79. The molecule has 0 saturated carbocycles. The van der Waals surface area contributed by atoms with Crippen LogP contribution in [0.25, 0.3) is 11.0 Å². The third-order valence-electron chi connectivity index (χ3n) is 4.42. The van der Waals surface area contributed by atoms with Crippen molar-refractivity contribution < 1.29 is 0 Å². The molecule has 0 spiro atoms. The molecule has 0 bridgehead atoms. The van der Waals surface area contributed by atoms with Gasteiger partial charge in [-0.25, -0.2) is 0 Å². The van der Waals surface area contributed by atoms with E-state index < -0.39 is 0 Å². The average Bonchev–Trinajstić information content (AvgIpc) is 3.16. The van der Waals surface area contributed by atoms with Gasteiger partial charge in [-0.1, -0.05) is 6.07 Å². The van der Waals surface area contributed by atoms with Crippen LogP contribution in [0.3, 0.4) is 0 Å². The monoisotopic (exact) mass is 310 g/mol. The summed E-state index contributed by atoms with van der Waals surface area (Å²) in [7, 11) is 1.80. The molecule has 4 heterocycles. The predicted octanol–water partition coefficient (Wildman–Crippen LogP) is 1.12. The first kappa shape index (κ1) is 13.9. The number of hydrogen-bond donors (Lipinski definition) is 1. The largest absolute Gasteiger partial charge is 0.342 e. The van der Waals surface area contributed by atoms with Crippen LogP contribution in [0.1, 0.15) is 12.0 Å². The van der Waals surface area contributed by atoms with Crippen molar-refractivity contribution in [1.82, 2.24) is 24.7 Å². The zero-order valence-electron chi connectivity index (χ0n) is 12.9. The van der Waals surface area contributed by atoms with Gasteiger partial charge in [0.1, 0.15) is 5.39 Å². The summed E-state index contributed by atoms with van der Waals surface area (Å²) in [4.78, 5) is 25.9. The molecule has 0 amide bonds. The molecule has 0 aliphatic carbocycles. The summed E-state index contributed by atoms with van der Waals surface area (Å²) >= 11 is 0. The van der Waals surface area contributed by atoms with Crippen LogP contribution in [0.4, 0.5) is 5.95 Å². The minimum atomic E-state index is -0.131. The smallest absolute Gasteiger partial charge is 0.263 e. The van der Waals surface area contributed by atoms with Gasteiger partial charge in [0.2, 0.25) is 5.95 Å². The van der Waals surface area contributed by atoms with Gasteiger partial charge < -0.3 is 4.90 Å². The molecular weight excluding hydrogens is 292 g/mol. The van der Waals surface area contributed by atoms with Gasteiger partial charge in [-0.2, -0.15) is 10.1 Å². The fourth-order valence-electron chi connectivity index (χ4n) is 3.21. The Morgan fingerprint density at radius 1 is 1.39 bits per heavy atom. The Hall–Kier alpha value is -2.70.